The van der Waals surface area contributed by atoms with Gasteiger partial charge in [-0.15, -0.1) is 0 Å². The number of aromatic nitrogens is 2. The standard InChI is InChI=1S/C20H18FN3O2/c1-4-19(25)23-15-10-16-14(12-24(2)20(16)22-11-15)7-5-13-6-8-18(26-3)17(21)9-13/h4-12H,1H2,2-3H3,(H,23,25). The van der Waals surface area contributed by atoms with Crippen LogP contribution in [0.15, 0.2) is 49.3 Å². The molecule has 0 atom stereocenters. The highest BCUT2D eigenvalue weighted by Gasteiger charge is 2.08. The van der Waals surface area contributed by atoms with E-state index in [1.807, 2.05) is 36.0 Å². The molecule has 3 rings (SSSR count). The summed E-state index contributed by atoms with van der Waals surface area (Å²) in [6, 6.07) is 6.62. The molecule has 2 aromatic heterocycles. The topological polar surface area (TPSA) is 56.1 Å². The summed E-state index contributed by atoms with van der Waals surface area (Å²) in [5.41, 5.74) is 2.98. The molecule has 0 radical (unpaired) electrons. The van der Waals surface area contributed by atoms with E-state index >= 15 is 0 Å². The van der Waals surface area contributed by atoms with Crippen LogP contribution < -0.4 is 10.1 Å². The van der Waals surface area contributed by atoms with E-state index in [9.17, 15) is 9.18 Å². The predicted octanol–water partition coefficient (Wildman–Crippen LogP) is 4.02. The number of halogens is 1. The molecule has 0 bridgehead atoms. The Labute approximate surface area is 150 Å². The first kappa shape index (κ1) is 17.4. The van der Waals surface area contributed by atoms with Crippen LogP contribution in [0.1, 0.15) is 11.1 Å². The minimum absolute atomic E-state index is 0.208. The maximum absolute atomic E-state index is 13.8. The Hall–Kier alpha value is -3.41. The number of nitrogens with zero attached hydrogens (tertiary/aromatic N) is 2. The first-order chi connectivity index (χ1) is 12.5. The van der Waals surface area contributed by atoms with Crippen LogP contribution in [-0.2, 0) is 11.8 Å². The first-order valence-corrected chi connectivity index (χ1v) is 7.92. The number of methoxy groups -OCH3 is 1. The predicted molar refractivity (Wildman–Crippen MR) is 101 cm³/mol. The van der Waals surface area contributed by atoms with Crippen LogP contribution in [0.25, 0.3) is 23.2 Å². The number of aryl methyl sites for hydroxylation is 1. The maximum atomic E-state index is 13.8. The van der Waals surface area contributed by atoms with Crippen molar-refractivity contribution in [2.24, 2.45) is 7.05 Å². The number of rotatable bonds is 5. The molecule has 26 heavy (non-hydrogen) atoms. The Balaban J connectivity index is 1.96. The van der Waals surface area contributed by atoms with Gasteiger partial charge >= 0.3 is 0 Å². The largest absolute Gasteiger partial charge is 0.494 e. The molecule has 132 valence electrons. The van der Waals surface area contributed by atoms with Gasteiger partial charge in [-0.1, -0.05) is 24.8 Å². The molecule has 2 heterocycles. The first-order valence-electron chi connectivity index (χ1n) is 7.92. The van der Waals surface area contributed by atoms with E-state index < -0.39 is 5.82 Å². The van der Waals surface area contributed by atoms with Crippen molar-refractivity contribution >= 4 is 34.8 Å². The molecule has 0 spiro atoms. The highest BCUT2D eigenvalue weighted by molar-refractivity contribution is 6.00. The third-order valence-electron chi connectivity index (χ3n) is 3.93. The van der Waals surface area contributed by atoms with Gasteiger partial charge in [0.15, 0.2) is 11.6 Å². The van der Waals surface area contributed by atoms with E-state index in [1.54, 1.807) is 18.3 Å². The number of carbonyl (C=O) groups excluding carboxylic acids is 1. The van der Waals surface area contributed by atoms with Crippen LogP contribution in [-0.4, -0.2) is 22.6 Å². The van der Waals surface area contributed by atoms with Gasteiger partial charge in [-0.25, -0.2) is 9.37 Å². The van der Waals surface area contributed by atoms with Gasteiger partial charge in [-0.05, 0) is 29.8 Å². The minimum atomic E-state index is -0.413. The van der Waals surface area contributed by atoms with Crippen molar-refractivity contribution < 1.29 is 13.9 Å². The van der Waals surface area contributed by atoms with Crippen LogP contribution in [0, 0.1) is 5.82 Å². The van der Waals surface area contributed by atoms with E-state index in [0.29, 0.717) is 11.3 Å². The lowest BCUT2D eigenvalue weighted by atomic mass is 10.1. The highest BCUT2D eigenvalue weighted by atomic mass is 19.1. The fourth-order valence-corrected chi connectivity index (χ4v) is 2.66. The minimum Gasteiger partial charge on any atom is -0.494 e. The number of fused-ring (bicyclic) bond motifs is 1. The zero-order valence-electron chi connectivity index (χ0n) is 14.5. The monoisotopic (exact) mass is 351 g/mol. The number of amides is 1. The zero-order valence-corrected chi connectivity index (χ0v) is 14.5. The van der Waals surface area contributed by atoms with Crippen molar-refractivity contribution in [1.29, 1.82) is 0 Å². The molecule has 0 aliphatic rings. The zero-order chi connectivity index (χ0) is 18.7. The van der Waals surface area contributed by atoms with Crippen LogP contribution in [0.2, 0.25) is 0 Å². The molecule has 0 saturated heterocycles. The van der Waals surface area contributed by atoms with Crippen LogP contribution in [0.3, 0.4) is 0 Å². The molecule has 0 saturated carbocycles. The molecule has 3 aromatic rings. The molecule has 1 N–H and O–H groups in total. The molecule has 0 aliphatic carbocycles. The van der Waals surface area contributed by atoms with E-state index in [2.05, 4.69) is 16.9 Å². The molecule has 0 aliphatic heterocycles. The second-order valence-corrected chi connectivity index (χ2v) is 5.71. The van der Waals surface area contributed by atoms with E-state index in [4.69, 9.17) is 4.74 Å². The van der Waals surface area contributed by atoms with Crippen LogP contribution >= 0.6 is 0 Å². The maximum Gasteiger partial charge on any atom is 0.247 e. The highest BCUT2D eigenvalue weighted by Crippen LogP contribution is 2.25. The van der Waals surface area contributed by atoms with Crippen LogP contribution in [0.5, 0.6) is 5.75 Å². The van der Waals surface area contributed by atoms with Crippen molar-refractivity contribution in [3.63, 3.8) is 0 Å². The number of anilines is 1. The number of carbonyl (C=O) groups is 1. The van der Waals surface area contributed by atoms with Gasteiger partial charge < -0.3 is 14.6 Å². The molecule has 0 unspecified atom stereocenters. The summed E-state index contributed by atoms with van der Waals surface area (Å²) in [5, 5.41) is 3.57. The lowest BCUT2D eigenvalue weighted by molar-refractivity contribution is -0.111. The number of benzene rings is 1. The second-order valence-electron chi connectivity index (χ2n) is 5.71. The van der Waals surface area contributed by atoms with Gasteiger partial charge in [-0.3, -0.25) is 4.79 Å². The van der Waals surface area contributed by atoms with E-state index in [1.165, 1.54) is 19.3 Å². The lowest BCUT2D eigenvalue weighted by Crippen LogP contribution is -2.07. The number of ether oxygens (including phenoxy) is 1. The third-order valence-corrected chi connectivity index (χ3v) is 3.93. The molecule has 5 nitrogen and oxygen atoms in total. The summed E-state index contributed by atoms with van der Waals surface area (Å²) < 4.78 is 20.6. The lowest BCUT2D eigenvalue weighted by Gasteiger charge is -2.03. The van der Waals surface area contributed by atoms with Crippen molar-refractivity contribution in [3.8, 4) is 5.75 Å². The van der Waals surface area contributed by atoms with Gasteiger partial charge in [-0.2, -0.15) is 0 Å². The van der Waals surface area contributed by atoms with Crippen molar-refractivity contribution in [1.82, 2.24) is 9.55 Å². The Bertz CT molecular complexity index is 1020. The Morgan fingerprint density at radius 2 is 2.15 bits per heavy atom. The van der Waals surface area contributed by atoms with Crippen LogP contribution in [0.4, 0.5) is 10.1 Å². The average molecular weight is 351 g/mol. The fourth-order valence-electron chi connectivity index (χ4n) is 2.66. The van der Waals surface area contributed by atoms with Gasteiger partial charge in [0.05, 0.1) is 19.0 Å². The molecule has 6 heteroatoms. The van der Waals surface area contributed by atoms with E-state index in [-0.39, 0.29) is 11.7 Å². The van der Waals surface area contributed by atoms with Gasteiger partial charge in [0.2, 0.25) is 5.91 Å². The number of nitrogens with one attached hydrogen (secondary N) is 1. The molecular formula is C20H18FN3O2. The SMILES string of the molecule is C=CC(=O)Nc1cnc2c(c1)c(C=Cc1ccc(OC)c(F)c1)cn2C. The normalized spacial score (nSPS) is 11.0. The summed E-state index contributed by atoms with van der Waals surface area (Å²) in [6.45, 7) is 3.44. The summed E-state index contributed by atoms with van der Waals surface area (Å²) >= 11 is 0. The smallest absolute Gasteiger partial charge is 0.247 e. The molecule has 1 amide bonds. The number of pyridine rings is 1. The van der Waals surface area contributed by atoms with Gasteiger partial charge in [0.25, 0.3) is 0 Å². The average Bonchev–Trinajstić information content (AvgIpc) is 2.95. The summed E-state index contributed by atoms with van der Waals surface area (Å²) in [4.78, 5) is 15.9. The second kappa shape index (κ2) is 7.23. The van der Waals surface area contributed by atoms with Gasteiger partial charge in [0, 0.05) is 24.2 Å². The Morgan fingerprint density at radius 3 is 2.85 bits per heavy atom. The third kappa shape index (κ3) is 3.49. The van der Waals surface area contributed by atoms with Crippen molar-refractivity contribution in [2.45, 2.75) is 0 Å². The van der Waals surface area contributed by atoms with Crippen molar-refractivity contribution in [2.75, 3.05) is 12.4 Å². The van der Waals surface area contributed by atoms with E-state index in [0.717, 1.165) is 16.6 Å². The Kier molecular flexibility index (Phi) is 4.84. The summed E-state index contributed by atoms with van der Waals surface area (Å²) in [5.74, 6) is -0.504. The van der Waals surface area contributed by atoms with Gasteiger partial charge in [0.1, 0.15) is 5.65 Å². The number of hydrogen-bond acceptors (Lipinski definition) is 3. The Morgan fingerprint density at radius 1 is 1.35 bits per heavy atom. The summed E-state index contributed by atoms with van der Waals surface area (Å²) in [7, 11) is 3.32. The molecule has 1 aromatic carbocycles. The fraction of sp³-hybridized carbons (Fsp3) is 0.100. The van der Waals surface area contributed by atoms with Crippen molar-refractivity contribution in [3.05, 3.63) is 66.3 Å². The molecule has 0 fully saturated rings. The molecular weight excluding hydrogens is 333 g/mol. The number of hydrogen-bond donors (Lipinski definition) is 1. The quantitative estimate of drug-likeness (QED) is 0.707. The summed E-state index contributed by atoms with van der Waals surface area (Å²) in [6.07, 6.45) is 8.41.